The highest BCUT2D eigenvalue weighted by Gasteiger charge is 2.04. The molecule has 0 bridgehead atoms. The van der Waals surface area contributed by atoms with Crippen LogP contribution in [0.2, 0.25) is 0 Å². The van der Waals surface area contributed by atoms with E-state index in [4.69, 9.17) is 9.47 Å². The van der Waals surface area contributed by atoms with Crippen LogP contribution in [-0.2, 0) is 0 Å². The second-order valence-corrected chi connectivity index (χ2v) is 3.89. The summed E-state index contributed by atoms with van der Waals surface area (Å²) in [6, 6.07) is 8.95. The lowest BCUT2D eigenvalue weighted by Crippen LogP contribution is -1.94. The molecule has 1 aromatic carbocycles. The van der Waals surface area contributed by atoms with E-state index in [1.54, 1.807) is 44.7 Å². The summed E-state index contributed by atoms with van der Waals surface area (Å²) < 4.78 is 10.4. The van der Waals surface area contributed by atoms with Crippen LogP contribution in [0.1, 0.15) is 16.1 Å². The SMILES string of the molecule is COc1ccc(OC)c(C=CC(=O)c2ccc[nH]2)c1. The highest BCUT2D eigenvalue weighted by molar-refractivity contribution is 6.05. The number of aromatic amines is 1. The van der Waals surface area contributed by atoms with Crippen molar-refractivity contribution in [2.75, 3.05) is 14.2 Å². The van der Waals surface area contributed by atoms with E-state index in [0.29, 0.717) is 17.2 Å². The van der Waals surface area contributed by atoms with Gasteiger partial charge in [0.05, 0.1) is 19.9 Å². The average Bonchev–Trinajstić information content (AvgIpc) is 2.98. The molecule has 0 saturated carbocycles. The molecule has 0 aliphatic heterocycles. The molecule has 1 heterocycles. The van der Waals surface area contributed by atoms with Gasteiger partial charge in [-0.15, -0.1) is 0 Å². The summed E-state index contributed by atoms with van der Waals surface area (Å²) in [6.45, 7) is 0. The van der Waals surface area contributed by atoms with E-state index in [0.717, 1.165) is 5.56 Å². The van der Waals surface area contributed by atoms with Gasteiger partial charge in [0.25, 0.3) is 0 Å². The van der Waals surface area contributed by atoms with Gasteiger partial charge >= 0.3 is 0 Å². The number of H-pyrrole nitrogens is 1. The normalized spacial score (nSPS) is 10.6. The molecule has 0 aliphatic rings. The van der Waals surface area contributed by atoms with Crippen LogP contribution in [0.3, 0.4) is 0 Å². The topological polar surface area (TPSA) is 51.3 Å². The van der Waals surface area contributed by atoms with Crippen LogP contribution in [0, 0.1) is 0 Å². The van der Waals surface area contributed by atoms with Gasteiger partial charge in [0, 0.05) is 11.8 Å². The van der Waals surface area contributed by atoms with E-state index in [9.17, 15) is 4.79 Å². The Labute approximate surface area is 111 Å². The predicted molar refractivity (Wildman–Crippen MR) is 73.7 cm³/mol. The molecular formula is C15H15NO3. The van der Waals surface area contributed by atoms with Crippen LogP contribution < -0.4 is 9.47 Å². The molecule has 98 valence electrons. The molecule has 19 heavy (non-hydrogen) atoms. The number of carbonyl (C=O) groups is 1. The molecule has 0 atom stereocenters. The second kappa shape index (κ2) is 5.91. The van der Waals surface area contributed by atoms with Crippen LogP contribution in [0.4, 0.5) is 0 Å². The van der Waals surface area contributed by atoms with Gasteiger partial charge < -0.3 is 14.5 Å². The largest absolute Gasteiger partial charge is 0.497 e. The van der Waals surface area contributed by atoms with E-state index < -0.39 is 0 Å². The molecule has 0 radical (unpaired) electrons. The first-order chi connectivity index (χ1) is 9.24. The van der Waals surface area contributed by atoms with Crippen molar-refractivity contribution in [1.82, 2.24) is 4.98 Å². The first-order valence-corrected chi connectivity index (χ1v) is 5.82. The van der Waals surface area contributed by atoms with Gasteiger partial charge in [-0.2, -0.15) is 0 Å². The fourth-order valence-electron chi connectivity index (χ4n) is 1.71. The second-order valence-electron chi connectivity index (χ2n) is 3.89. The smallest absolute Gasteiger partial charge is 0.201 e. The van der Waals surface area contributed by atoms with Crippen molar-refractivity contribution in [1.29, 1.82) is 0 Å². The Bertz CT molecular complexity index is 585. The number of allylic oxidation sites excluding steroid dienone is 1. The van der Waals surface area contributed by atoms with Gasteiger partial charge in [-0.3, -0.25) is 4.79 Å². The third-order valence-corrected chi connectivity index (χ3v) is 2.71. The molecule has 2 rings (SSSR count). The number of carbonyl (C=O) groups excluding carboxylic acids is 1. The molecule has 1 N–H and O–H groups in total. The summed E-state index contributed by atoms with van der Waals surface area (Å²) in [7, 11) is 3.19. The quantitative estimate of drug-likeness (QED) is 0.662. The summed E-state index contributed by atoms with van der Waals surface area (Å²) in [6.07, 6.45) is 4.93. The maximum absolute atomic E-state index is 11.8. The lowest BCUT2D eigenvalue weighted by Gasteiger charge is -2.06. The molecule has 4 heteroatoms. The van der Waals surface area contributed by atoms with Crippen molar-refractivity contribution in [2.45, 2.75) is 0 Å². The van der Waals surface area contributed by atoms with Crippen molar-refractivity contribution in [2.24, 2.45) is 0 Å². The molecule has 1 aromatic heterocycles. The number of ketones is 1. The van der Waals surface area contributed by atoms with Gasteiger partial charge in [0.15, 0.2) is 0 Å². The van der Waals surface area contributed by atoms with Crippen LogP contribution >= 0.6 is 0 Å². The minimum absolute atomic E-state index is 0.0881. The van der Waals surface area contributed by atoms with E-state index in [1.807, 2.05) is 12.1 Å². The zero-order valence-electron chi connectivity index (χ0n) is 10.8. The molecule has 0 aliphatic carbocycles. The predicted octanol–water partition coefficient (Wildman–Crippen LogP) is 2.93. The summed E-state index contributed by atoms with van der Waals surface area (Å²) >= 11 is 0. The van der Waals surface area contributed by atoms with Gasteiger partial charge in [-0.25, -0.2) is 0 Å². The highest BCUT2D eigenvalue weighted by Crippen LogP contribution is 2.25. The first-order valence-electron chi connectivity index (χ1n) is 5.82. The maximum atomic E-state index is 11.8. The van der Waals surface area contributed by atoms with Crippen molar-refractivity contribution in [3.05, 3.63) is 53.9 Å². The van der Waals surface area contributed by atoms with E-state index in [2.05, 4.69) is 4.98 Å². The minimum Gasteiger partial charge on any atom is -0.497 e. The Kier molecular flexibility index (Phi) is 4.03. The molecule has 0 saturated heterocycles. The molecule has 0 fully saturated rings. The summed E-state index contributed by atoms with van der Waals surface area (Å²) in [5.41, 5.74) is 1.35. The zero-order chi connectivity index (χ0) is 13.7. The van der Waals surface area contributed by atoms with E-state index in [-0.39, 0.29) is 5.78 Å². The Balaban J connectivity index is 2.24. The van der Waals surface area contributed by atoms with Gasteiger partial charge in [0.1, 0.15) is 11.5 Å². The van der Waals surface area contributed by atoms with Crippen molar-refractivity contribution < 1.29 is 14.3 Å². The zero-order valence-corrected chi connectivity index (χ0v) is 10.8. The number of ether oxygens (including phenoxy) is 2. The van der Waals surface area contributed by atoms with E-state index >= 15 is 0 Å². The highest BCUT2D eigenvalue weighted by atomic mass is 16.5. The fourth-order valence-corrected chi connectivity index (χ4v) is 1.71. The molecule has 0 spiro atoms. The fraction of sp³-hybridized carbons (Fsp3) is 0.133. The Morgan fingerprint density at radius 1 is 1.21 bits per heavy atom. The Hall–Kier alpha value is -2.49. The summed E-state index contributed by atoms with van der Waals surface area (Å²) in [5, 5.41) is 0. The molecule has 0 unspecified atom stereocenters. The number of benzene rings is 1. The molecule has 2 aromatic rings. The number of rotatable bonds is 5. The number of methoxy groups -OCH3 is 2. The summed E-state index contributed by atoms with van der Waals surface area (Å²) in [5.74, 6) is 1.32. The summed E-state index contributed by atoms with van der Waals surface area (Å²) in [4.78, 5) is 14.7. The Morgan fingerprint density at radius 2 is 2.05 bits per heavy atom. The van der Waals surface area contributed by atoms with Crippen molar-refractivity contribution >= 4 is 11.9 Å². The lowest BCUT2D eigenvalue weighted by atomic mass is 10.1. The van der Waals surface area contributed by atoms with Gasteiger partial charge in [-0.1, -0.05) is 0 Å². The van der Waals surface area contributed by atoms with E-state index in [1.165, 1.54) is 6.08 Å². The average molecular weight is 257 g/mol. The van der Waals surface area contributed by atoms with Gasteiger partial charge in [0.2, 0.25) is 5.78 Å². The number of nitrogens with one attached hydrogen (secondary N) is 1. The molecule has 0 amide bonds. The van der Waals surface area contributed by atoms with Crippen LogP contribution in [0.15, 0.2) is 42.6 Å². The number of aromatic nitrogens is 1. The molecule has 4 nitrogen and oxygen atoms in total. The van der Waals surface area contributed by atoms with Crippen molar-refractivity contribution in [3.8, 4) is 11.5 Å². The van der Waals surface area contributed by atoms with Crippen LogP contribution in [-0.4, -0.2) is 25.0 Å². The molecular weight excluding hydrogens is 242 g/mol. The van der Waals surface area contributed by atoms with Crippen LogP contribution in [0.5, 0.6) is 11.5 Å². The third kappa shape index (κ3) is 3.04. The maximum Gasteiger partial charge on any atom is 0.201 e. The third-order valence-electron chi connectivity index (χ3n) is 2.71. The van der Waals surface area contributed by atoms with Crippen molar-refractivity contribution in [3.63, 3.8) is 0 Å². The number of hydrogen-bond acceptors (Lipinski definition) is 3. The number of hydrogen-bond donors (Lipinski definition) is 1. The Morgan fingerprint density at radius 3 is 2.68 bits per heavy atom. The standard InChI is InChI=1S/C15H15NO3/c1-18-12-6-8-15(19-2)11(10-12)5-7-14(17)13-4-3-9-16-13/h3-10,16H,1-2H3. The first kappa shape index (κ1) is 13.0. The monoisotopic (exact) mass is 257 g/mol. The minimum atomic E-state index is -0.0881. The van der Waals surface area contributed by atoms with Gasteiger partial charge in [-0.05, 0) is 42.5 Å². The van der Waals surface area contributed by atoms with Crippen LogP contribution in [0.25, 0.3) is 6.08 Å². The lowest BCUT2D eigenvalue weighted by molar-refractivity contribution is 0.104.